The maximum absolute atomic E-state index is 12.2. The van der Waals surface area contributed by atoms with E-state index in [2.05, 4.69) is 23.6 Å². The summed E-state index contributed by atoms with van der Waals surface area (Å²) in [6.07, 6.45) is 0. The van der Waals surface area contributed by atoms with Crippen LogP contribution in [0, 0.1) is 0 Å². The molecule has 2 rings (SSSR count). The van der Waals surface area contributed by atoms with E-state index in [9.17, 15) is 8.42 Å². The molecule has 0 aliphatic carbocycles. The maximum Gasteiger partial charge on any atom is 0.253 e. The topological polar surface area (TPSA) is 78.7 Å². The maximum atomic E-state index is 12.2. The van der Waals surface area contributed by atoms with Crippen molar-refractivity contribution in [2.45, 2.75) is 24.8 Å². The third-order valence-electron chi connectivity index (χ3n) is 3.48. The Morgan fingerprint density at radius 1 is 1.10 bits per heavy atom. The zero-order chi connectivity index (χ0) is 14.8. The predicted octanol–water partition coefficient (Wildman–Crippen LogP) is 0.488. The monoisotopic (exact) mass is 298 g/mol. The lowest BCUT2D eigenvalue weighted by Crippen LogP contribution is -2.54. The van der Waals surface area contributed by atoms with Gasteiger partial charge in [-0.15, -0.1) is 4.83 Å². The van der Waals surface area contributed by atoms with Gasteiger partial charge in [-0.05, 0) is 38.1 Å². The molecule has 0 spiro atoms. The molecule has 3 N–H and O–H groups in total. The van der Waals surface area contributed by atoms with E-state index in [-0.39, 0.29) is 4.90 Å². The van der Waals surface area contributed by atoms with Crippen molar-refractivity contribution in [1.82, 2.24) is 14.7 Å². The molecule has 1 aromatic carbocycles. The zero-order valence-electron chi connectivity index (χ0n) is 11.9. The lowest BCUT2D eigenvalue weighted by atomic mass is 10.2. The molecule has 1 heterocycles. The van der Waals surface area contributed by atoms with Gasteiger partial charge in [-0.1, -0.05) is 0 Å². The Morgan fingerprint density at radius 3 is 2.15 bits per heavy atom. The van der Waals surface area contributed by atoms with Crippen LogP contribution in [0.15, 0.2) is 29.2 Å². The minimum absolute atomic E-state index is 0.234. The summed E-state index contributed by atoms with van der Waals surface area (Å²) < 4.78 is 24.4. The van der Waals surface area contributed by atoms with Crippen LogP contribution >= 0.6 is 0 Å². The number of rotatable bonds is 4. The van der Waals surface area contributed by atoms with Gasteiger partial charge in [-0.25, -0.2) is 13.4 Å². The molecule has 1 aliphatic heterocycles. The molecule has 1 saturated heterocycles. The number of hydrazine groups is 1. The Bertz CT molecular complexity index is 534. The molecule has 0 saturated carbocycles. The number of sulfonamides is 1. The highest BCUT2D eigenvalue weighted by molar-refractivity contribution is 7.89. The Labute approximate surface area is 120 Å². The molecule has 6 nitrogen and oxygen atoms in total. The number of piperazine rings is 1. The molecule has 0 unspecified atom stereocenters. The summed E-state index contributed by atoms with van der Waals surface area (Å²) in [7, 11) is -3.51. The second-order valence-corrected chi connectivity index (χ2v) is 6.94. The van der Waals surface area contributed by atoms with Crippen molar-refractivity contribution < 1.29 is 8.42 Å². The third kappa shape index (κ3) is 3.69. The number of nitrogen functional groups attached to an aromatic ring is 1. The Kier molecular flexibility index (Phi) is 4.64. The molecule has 20 heavy (non-hydrogen) atoms. The minimum Gasteiger partial charge on any atom is -0.399 e. The molecule has 0 aromatic heterocycles. The Morgan fingerprint density at radius 2 is 1.65 bits per heavy atom. The van der Waals surface area contributed by atoms with E-state index in [1.165, 1.54) is 12.1 Å². The molecule has 112 valence electrons. The molecule has 1 fully saturated rings. The van der Waals surface area contributed by atoms with Crippen molar-refractivity contribution in [3.05, 3.63) is 24.3 Å². The zero-order valence-corrected chi connectivity index (χ0v) is 12.7. The lowest BCUT2D eigenvalue weighted by molar-refractivity contribution is 0.0944. The molecule has 7 heteroatoms. The van der Waals surface area contributed by atoms with Crippen molar-refractivity contribution in [2.75, 3.05) is 31.9 Å². The average molecular weight is 298 g/mol. The van der Waals surface area contributed by atoms with Crippen LogP contribution in [0.1, 0.15) is 13.8 Å². The first kappa shape index (κ1) is 15.2. The number of nitrogens with zero attached hydrogens (tertiary/aromatic N) is 2. The fraction of sp³-hybridized carbons (Fsp3) is 0.538. The number of anilines is 1. The van der Waals surface area contributed by atoms with Gasteiger partial charge in [-0.3, -0.25) is 4.90 Å². The quantitative estimate of drug-likeness (QED) is 0.791. The second-order valence-electron chi connectivity index (χ2n) is 5.28. The van der Waals surface area contributed by atoms with Crippen molar-refractivity contribution in [3.63, 3.8) is 0 Å². The fourth-order valence-electron chi connectivity index (χ4n) is 2.20. The summed E-state index contributed by atoms with van der Waals surface area (Å²) in [6.45, 7) is 7.39. The van der Waals surface area contributed by atoms with Crippen molar-refractivity contribution in [3.8, 4) is 0 Å². The number of hydrogen-bond acceptors (Lipinski definition) is 5. The number of nitrogens with two attached hydrogens (primary N) is 1. The number of benzene rings is 1. The van der Waals surface area contributed by atoms with Crippen molar-refractivity contribution in [2.24, 2.45) is 0 Å². The smallest absolute Gasteiger partial charge is 0.253 e. The highest BCUT2D eigenvalue weighted by Gasteiger charge is 2.23. The summed E-state index contributed by atoms with van der Waals surface area (Å²) in [4.78, 5) is 5.19. The third-order valence-corrected chi connectivity index (χ3v) is 4.88. The van der Waals surface area contributed by atoms with Gasteiger partial charge in [0.05, 0.1) is 4.90 Å². The van der Waals surface area contributed by atoms with E-state index < -0.39 is 10.0 Å². The SMILES string of the molecule is CC(C)N1CCN(NS(=O)(=O)c2ccc(N)cc2)CC1. The van der Waals surface area contributed by atoms with Gasteiger partial charge in [0, 0.05) is 37.9 Å². The number of nitrogens with one attached hydrogen (secondary N) is 1. The lowest BCUT2D eigenvalue weighted by Gasteiger charge is -2.36. The highest BCUT2D eigenvalue weighted by atomic mass is 32.2. The highest BCUT2D eigenvalue weighted by Crippen LogP contribution is 2.12. The first-order valence-corrected chi connectivity index (χ1v) is 8.24. The molecule has 0 atom stereocenters. The van der Waals surface area contributed by atoms with E-state index in [0.29, 0.717) is 24.8 Å². The average Bonchev–Trinajstić information content (AvgIpc) is 2.39. The van der Waals surface area contributed by atoms with E-state index >= 15 is 0 Å². The molecule has 0 radical (unpaired) electrons. The van der Waals surface area contributed by atoms with Gasteiger partial charge in [0.25, 0.3) is 10.0 Å². The molecule has 0 amide bonds. The largest absolute Gasteiger partial charge is 0.399 e. The van der Waals surface area contributed by atoms with Crippen LogP contribution in [0.4, 0.5) is 5.69 Å². The minimum atomic E-state index is -3.51. The van der Waals surface area contributed by atoms with Gasteiger partial charge in [0.2, 0.25) is 0 Å². The molecule has 1 aliphatic rings. The summed E-state index contributed by atoms with van der Waals surface area (Å²) >= 11 is 0. The van der Waals surface area contributed by atoms with Gasteiger partial charge < -0.3 is 5.73 Å². The van der Waals surface area contributed by atoms with Crippen LogP contribution in [0.2, 0.25) is 0 Å². The standard InChI is InChI=1S/C13H22N4O2S/c1-11(2)16-7-9-17(10-8-16)15-20(18,19)13-5-3-12(14)4-6-13/h3-6,11,15H,7-10,14H2,1-2H3. The summed E-state index contributed by atoms with van der Waals surface area (Å²) in [6, 6.07) is 6.70. The van der Waals surface area contributed by atoms with Gasteiger partial charge in [-0.2, -0.15) is 0 Å². The van der Waals surface area contributed by atoms with E-state index in [4.69, 9.17) is 5.73 Å². The first-order valence-electron chi connectivity index (χ1n) is 6.75. The molecular weight excluding hydrogens is 276 g/mol. The van der Waals surface area contributed by atoms with Crippen LogP contribution in [-0.2, 0) is 10.0 Å². The van der Waals surface area contributed by atoms with Crippen molar-refractivity contribution >= 4 is 15.7 Å². The van der Waals surface area contributed by atoms with E-state index in [1.54, 1.807) is 17.1 Å². The van der Waals surface area contributed by atoms with Gasteiger partial charge in [0.1, 0.15) is 0 Å². The van der Waals surface area contributed by atoms with Crippen LogP contribution in [-0.4, -0.2) is 50.5 Å². The molecular formula is C13H22N4O2S. The Balaban J connectivity index is 1.98. The van der Waals surface area contributed by atoms with E-state index in [0.717, 1.165) is 13.1 Å². The first-order chi connectivity index (χ1) is 9.38. The van der Waals surface area contributed by atoms with Gasteiger partial charge >= 0.3 is 0 Å². The molecule has 0 bridgehead atoms. The van der Waals surface area contributed by atoms with Crippen LogP contribution in [0.3, 0.4) is 0 Å². The second kappa shape index (κ2) is 6.09. The summed E-state index contributed by atoms with van der Waals surface area (Å²) in [5, 5.41) is 1.75. The van der Waals surface area contributed by atoms with E-state index in [1.807, 2.05) is 0 Å². The Hall–Kier alpha value is -1.15. The molecule has 1 aromatic rings. The van der Waals surface area contributed by atoms with Crippen LogP contribution in [0.5, 0.6) is 0 Å². The summed E-state index contributed by atoms with van der Waals surface area (Å²) in [5.41, 5.74) is 6.12. The number of hydrogen-bond donors (Lipinski definition) is 2. The fourth-order valence-corrected chi connectivity index (χ4v) is 3.32. The van der Waals surface area contributed by atoms with Crippen LogP contribution < -0.4 is 10.6 Å². The normalized spacial score (nSPS) is 18.6. The van der Waals surface area contributed by atoms with Crippen molar-refractivity contribution in [1.29, 1.82) is 0 Å². The summed E-state index contributed by atoms with van der Waals surface area (Å²) in [5.74, 6) is 0. The van der Waals surface area contributed by atoms with Gasteiger partial charge in [0.15, 0.2) is 0 Å². The predicted molar refractivity (Wildman–Crippen MR) is 79.5 cm³/mol. The van der Waals surface area contributed by atoms with Crippen LogP contribution in [0.25, 0.3) is 0 Å².